The van der Waals surface area contributed by atoms with Crippen molar-refractivity contribution in [3.63, 3.8) is 0 Å². The van der Waals surface area contributed by atoms with Gasteiger partial charge in [0.2, 0.25) is 0 Å². The molecule has 6 heteroatoms. The maximum absolute atomic E-state index is 5.32. The van der Waals surface area contributed by atoms with Gasteiger partial charge in [-0.3, -0.25) is 0 Å². The van der Waals surface area contributed by atoms with Gasteiger partial charge in [-0.15, -0.1) is 0 Å². The second-order valence-electron chi connectivity index (χ2n) is 3.05. The molecule has 1 heterocycles. The third-order valence-electron chi connectivity index (χ3n) is 1.87. The van der Waals surface area contributed by atoms with Crippen LogP contribution < -0.4 is 16.6 Å². The SMILES string of the molecule is CCCCNc1cc(NN)nc(SC)n1. The molecule has 0 amide bonds. The number of unbranched alkanes of at least 4 members (excludes halogenated alkanes) is 1. The number of thioether (sulfide) groups is 1. The van der Waals surface area contributed by atoms with E-state index in [0.29, 0.717) is 11.0 Å². The predicted molar refractivity (Wildman–Crippen MR) is 65.0 cm³/mol. The van der Waals surface area contributed by atoms with E-state index in [0.717, 1.165) is 25.2 Å². The lowest BCUT2D eigenvalue weighted by Crippen LogP contribution is -2.11. The lowest BCUT2D eigenvalue weighted by molar-refractivity contribution is 0.826. The van der Waals surface area contributed by atoms with Crippen molar-refractivity contribution in [3.8, 4) is 0 Å². The molecule has 84 valence electrons. The number of aromatic nitrogens is 2. The third kappa shape index (κ3) is 3.93. The van der Waals surface area contributed by atoms with Crippen LogP contribution in [0.2, 0.25) is 0 Å². The normalized spacial score (nSPS) is 10.1. The lowest BCUT2D eigenvalue weighted by atomic mass is 10.3. The van der Waals surface area contributed by atoms with Crippen LogP contribution in [0, 0.1) is 0 Å². The monoisotopic (exact) mass is 227 g/mol. The largest absolute Gasteiger partial charge is 0.370 e. The molecule has 1 aromatic heterocycles. The van der Waals surface area contributed by atoms with E-state index in [1.165, 1.54) is 11.8 Å². The Kier molecular flexibility index (Phi) is 5.20. The summed E-state index contributed by atoms with van der Waals surface area (Å²) >= 11 is 1.49. The quantitative estimate of drug-likeness (QED) is 0.226. The highest BCUT2D eigenvalue weighted by Crippen LogP contribution is 2.16. The Labute approximate surface area is 94.2 Å². The highest BCUT2D eigenvalue weighted by molar-refractivity contribution is 7.98. The van der Waals surface area contributed by atoms with Crippen molar-refractivity contribution in [2.75, 3.05) is 23.5 Å². The van der Waals surface area contributed by atoms with Gasteiger partial charge in [-0.1, -0.05) is 25.1 Å². The van der Waals surface area contributed by atoms with Crippen molar-refractivity contribution < 1.29 is 0 Å². The zero-order chi connectivity index (χ0) is 11.1. The van der Waals surface area contributed by atoms with Crippen LogP contribution in [0.5, 0.6) is 0 Å². The van der Waals surface area contributed by atoms with E-state index in [-0.39, 0.29) is 0 Å². The Hall–Kier alpha value is -1.01. The van der Waals surface area contributed by atoms with Crippen molar-refractivity contribution in [1.82, 2.24) is 9.97 Å². The van der Waals surface area contributed by atoms with Gasteiger partial charge in [-0.05, 0) is 12.7 Å². The maximum Gasteiger partial charge on any atom is 0.191 e. The van der Waals surface area contributed by atoms with Gasteiger partial charge >= 0.3 is 0 Å². The first-order chi connectivity index (χ1) is 7.30. The van der Waals surface area contributed by atoms with Gasteiger partial charge in [-0.2, -0.15) is 0 Å². The van der Waals surface area contributed by atoms with Gasteiger partial charge in [0, 0.05) is 12.6 Å². The maximum atomic E-state index is 5.32. The highest BCUT2D eigenvalue weighted by Gasteiger charge is 2.01. The summed E-state index contributed by atoms with van der Waals surface area (Å²) in [5.41, 5.74) is 2.53. The molecule has 0 spiro atoms. The van der Waals surface area contributed by atoms with E-state index in [1.54, 1.807) is 6.07 Å². The van der Waals surface area contributed by atoms with Crippen LogP contribution in [0.1, 0.15) is 19.8 Å². The van der Waals surface area contributed by atoms with Crippen LogP contribution in [-0.2, 0) is 0 Å². The van der Waals surface area contributed by atoms with Crippen LogP contribution in [0.3, 0.4) is 0 Å². The minimum absolute atomic E-state index is 0.633. The summed E-state index contributed by atoms with van der Waals surface area (Å²) in [7, 11) is 0. The van der Waals surface area contributed by atoms with E-state index in [2.05, 4.69) is 27.6 Å². The summed E-state index contributed by atoms with van der Waals surface area (Å²) in [5.74, 6) is 6.77. The first kappa shape index (κ1) is 12.1. The van der Waals surface area contributed by atoms with Crippen molar-refractivity contribution in [2.45, 2.75) is 24.9 Å². The van der Waals surface area contributed by atoms with E-state index in [4.69, 9.17) is 5.84 Å². The number of nitrogens with two attached hydrogens (primary N) is 1. The topological polar surface area (TPSA) is 75.9 Å². The molecule has 1 aromatic rings. The van der Waals surface area contributed by atoms with E-state index < -0.39 is 0 Å². The molecule has 0 saturated heterocycles. The van der Waals surface area contributed by atoms with Crippen molar-refractivity contribution >= 4 is 23.4 Å². The smallest absolute Gasteiger partial charge is 0.191 e. The number of hydrogen-bond acceptors (Lipinski definition) is 6. The van der Waals surface area contributed by atoms with E-state index in [9.17, 15) is 0 Å². The molecule has 0 aliphatic heterocycles. The Morgan fingerprint density at radius 3 is 2.73 bits per heavy atom. The summed E-state index contributed by atoms with van der Waals surface area (Å²) in [6.45, 7) is 3.08. The van der Waals surface area contributed by atoms with Gasteiger partial charge in [0.05, 0.1) is 0 Å². The second-order valence-corrected chi connectivity index (χ2v) is 3.82. The molecule has 0 aliphatic carbocycles. The fraction of sp³-hybridized carbons (Fsp3) is 0.556. The summed E-state index contributed by atoms with van der Waals surface area (Å²) in [6, 6.07) is 1.80. The molecule has 4 N–H and O–H groups in total. The van der Waals surface area contributed by atoms with Crippen molar-refractivity contribution in [1.29, 1.82) is 0 Å². The van der Waals surface area contributed by atoms with Crippen molar-refractivity contribution in [2.24, 2.45) is 5.84 Å². The Balaban J connectivity index is 2.68. The predicted octanol–water partition coefficient (Wildman–Crippen LogP) is 1.70. The molecule has 0 unspecified atom stereocenters. The van der Waals surface area contributed by atoms with Crippen LogP contribution in [0.25, 0.3) is 0 Å². The van der Waals surface area contributed by atoms with E-state index in [1.807, 2.05) is 6.26 Å². The van der Waals surface area contributed by atoms with Crippen molar-refractivity contribution in [3.05, 3.63) is 6.07 Å². The molecule has 15 heavy (non-hydrogen) atoms. The van der Waals surface area contributed by atoms with Gasteiger partial charge in [0.25, 0.3) is 0 Å². The molecule has 0 aromatic carbocycles. The fourth-order valence-electron chi connectivity index (χ4n) is 1.07. The Morgan fingerprint density at radius 2 is 2.13 bits per heavy atom. The highest BCUT2D eigenvalue weighted by atomic mass is 32.2. The third-order valence-corrected chi connectivity index (χ3v) is 2.42. The minimum atomic E-state index is 0.633. The summed E-state index contributed by atoms with van der Waals surface area (Å²) in [5, 5.41) is 3.95. The van der Waals surface area contributed by atoms with Crippen LogP contribution in [-0.4, -0.2) is 22.8 Å². The number of hydrogen-bond donors (Lipinski definition) is 3. The minimum Gasteiger partial charge on any atom is -0.370 e. The number of nitrogens with one attached hydrogen (secondary N) is 2. The average molecular weight is 227 g/mol. The van der Waals surface area contributed by atoms with E-state index >= 15 is 0 Å². The summed E-state index contributed by atoms with van der Waals surface area (Å²) in [6.07, 6.45) is 4.23. The zero-order valence-electron chi connectivity index (χ0n) is 9.08. The molecule has 0 aliphatic rings. The zero-order valence-corrected chi connectivity index (χ0v) is 9.90. The molecule has 1 rings (SSSR count). The summed E-state index contributed by atoms with van der Waals surface area (Å²) in [4.78, 5) is 8.49. The van der Waals surface area contributed by atoms with Gasteiger partial charge in [0.1, 0.15) is 11.6 Å². The Morgan fingerprint density at radius 1 is 1.40 bits per heavy atom. The molecule has 0 radical (unpaired) electrons. The van der Waals surface area contributed by atoms with Crippen LogP contribution in [0.15, 0.2) is 11.2 Å². The first-order valence-corrected chi connectivity index (χ1v) is 6.16. The van der Waals surface area contributed by atoms with Gasteiger partial charge in [-0.25, -0.2) is 15.8 Å². The summed E-state index contributed by atoms with van der Waals surface area (Å²) < 4.78 is 0. The number of rotatable bonds is 6. The first-order valence-electron chi connectivity index (χ1n) is 4.93. The second kappa shape index (κ2) is 6.47. The number of hydrazine groups is 1. The average Bonchev–Trinajstić information content (AvgIpc) is 2.29. The fourth-order valence-corrected chi connectivity index (χ4v) is 1.45. The molecule has 0 bridgehead atoms. The molecular weight excluding hydrogens is 210 g/mol. The molecule has 0 saturated carbocycles. The van der Waals surface area contributed by atoms with Gasteiger partial charge < -0.3 is 10.7 Å². The molecule has 5 nitrogen and oxygen atoms in total. The Bertz CT molecular complexity index is 282. The number of nitrogens with zero attached hydrogens (tertiary/aromatic N) is 2. The van der Waals surface area contributed by atoms with Gasteiger partial charge in [0.15, 0.2) is 5.16 Å². The van der Waals surface area contributed by atoms with Crippen LogP contribution in [0.4, 0.5) is 11.6 Å². The van der Waals surface area contributed by atoms with Crippen LogP contribution >= 0.6 is 11.8 Å². The molecule has 0 atom stereocenters. The number of nitrogen functional groups attached to an aromatic ring is 1. The number of anilines is 2. The standard InChI is InChI=1S/C9H17N5S/c1-3-4-5-11-7-6-8(14-10)13-9(12-7)15-2/h6H,3-5,10H2,1-2H3,(H2,11,12,13,14). The lowest BCUT2D eigenvalue weighted by Gasteiger charge is -2.07. The molecule has 0 fully saturated rings. The molecular formula is C9H17N5S.